The van der Waals surface area contributed by atoms with Crippen molar-refractivity contribution in [3.63, 3.8) is 0 Å². The molecule has 0 aromatic carbocycles. The number of hydrogen-bond acceptors (Lipinski definition) is 4. The Bertz CT molecular complexity index is 273. The fourth-order valence-electron chi connectivity index (χ4n) is 1.45. The van der Waals surface area contributed by atoms with E-state index in [1.807, 2.05) is 6.20 Å². The summed E-state index contributed by atoms with van der Waals surface area (Å²) >= 11 is 1.77. The molecule has 0 saturated carbocycles. The van der Waals surface area contributed by atoms with E-state index in [2.05, 4.69) is 36.4 Å². The Morgan fingerprint density at radius 3 is 2.93 bits per heavy atom. The maximum absolute atomic E-state index is 4.31. The lowest BCUT2D eigenvalue weighted by Gasteiger charge is -2.11. The van der Waals surface area contributed by atoms with Gasteiger partial charge in [0.05, 0.1) is 0 Å². The van der Waals surface area contributed by atoms with Crippen molar-refractivity contribution in [2.24, 2.45) is 0 Å². The molecular formula is C11H21N3S. The van der Waals surface area contributed by atoms with Crippen molar-refractivity contribution in [1.29, 1.82) is 0 Å². The summed E-state index contributed by atoms with van der Waals surface area (Å²) in [7, 11) is 0. The van der Waals surface area contributed by atoms with Gasteiger partial charge in [-0.15, -0.1) is 11.3 Å². The fourth-order valence-corrected chi connectivity index (χ4v) is 2.20. The molecule has 4 heteroatoms. The number of nitrogens with zero attached hydrogens (tertiary/aromatic N) is 1. The summed E-state index contributed by atoms with van der Waals surface area (Å²) in [6.07, 6.45) is 3.10. The standard InChI is InChI=1S/C11H21N3S/c1-4-13-9(2)5-6-12-8-11-14-7-10(3)15-11/h7,9,12-13H,4-6,8H2,1-3H3. The van der Waals surface area contributed by atoms with Gasteiger partial charge in [-0.05, 0) is 33.4 Å². The molecule has 0 aliphatic carbocycles. The molecule has 0 aliphatic heterocycles. The monoisotopic (exact) mass is 227 g/mol. The van der Waals surface area contributed by atoms with Gasteiger partial charge < -0.3 is 10.6 Å². The van der Waals surface area contributed by atoms with Crippen LogP contribution in [0.2, 0.25) is 0 Å². The van der Waals surface area contributed by atoms with Crippen LogP contribution in [0.1, 0.15) is 30.2 Å². The van der Waals surface area contributed by atoms with E-state index in [1.165, 1.54) is 9.88 Å². The van der Waals surface area contributed by atoms with E-state index in [0.29, 0.717) is 6.04 Å². The Morgan fingerprint density at radius 1 is 1.53 bits per heavy atom. The van der Waals surface area contributed by atoms with Crippen LogP contribution in [-0.2, 0) is 6.54 Å². The van der Waals surface area contributed by atoms with Crippen molar-refractivity contribution in [3.05, 3.63) is 16.1 Å². The van der Waals surface area contributed by atoms with Crippen molar-refractivity contribution in [3.8, 4) is 0 Å². The molecule has 3 nitrogen and oxygen atoms in total. The van der Waals surface area contributed by atoms with Crippen LogP contribution in [0.15, 0.2) is 6.20 Å². The van der Waals surface area contributed by atoms with Crippen LogP contribution in [0.3, 0.4) is 0 Å². The number of aryl methyl sites for hydroxylation is 1. The average Bonchev–Trinajstić information content (AvgIpc) is 2.60. The normalized spacial score (nSPS) is 13.0. The summed E-state index contributed by atoms with van der Waals surface area (Å²) in [5, 5.41) is 7.99. The quantitative estimate of drug-likeness (QED) is 0.699. The minimum absolute atomic E-state index is 0.598. The van der Waals surface area contributed by atoms with Crippen LogP contribution in [0.25, 0.3) is 0 Å². The van der Waals surface area contributed by atoms with E-state index < -0.39 is 0 Å². The first kappa shape index (κ1) is 12.6. The molecule has 1 unspecified atom stereocenters. The molecule has 0 aliphatic rings. The lowest BCUT2D eigenvalue weighted by molar-refractivity contribution is 0.504. The van der Waals surface area contributed by atoms with Crippen LogP contribution >= 0.6 is 11.3 Å². The molecular weight excluding hydrogens is 206 g/mol. The second kappa shape index (κ2) is 6.93. The summed E-state index contributed by atoms with van der Waals surface area (Å²) in [4.78, 5) is 5.59. The number of rotatable bonds is 7. The van der Waals surface area contributed by atoms with Crippen LogP contribution in [0.5, 0.6) is 0 Å². The van der Waals surface area contributed by atoms with Gasteiger partial charge in [0.15, 0.2) is 0 Å². The van der Waals surface area contributed by atoms with E-state index in [0.717, 1.165) is 26.1 Å². The van der Waals surface area contributed by atoms with Crippen LogP contribution in [0.4, 0.5) is 0 Å². The highest BCUT2D eigenvalue weighted by Gasteiger charge is 2.00. The van der Waals surface area contributed by atoms with E-state index in [4.69, 9.17) is 0 Å². The molecule has 0 amide bonds. The van der Waals surface area contributed by atoms with Gasteiger partial charge in [-0.2, -0.15) is 0 Å². The van der Waals surface area contributed by atoms with E-state index in [-0.39, 0.29) is 0 Å². The molecule has 0 bridgehead atoms. The van der Waals surface area contributed by atoms with Crippen molar-refractivity contribution in [2.45, 2.75) is 39.8 Å². The Hall–Kier alpha value is -0.450. The largest absolute Gasteiger partial charge is 0.314 e. The zero-order chi connectivity index (χ0) is 11.1. The topological polar surface area (TPSA) is 37.0 Å². The third-order valence-electron chi connectivity index (χ3n) is 2.25. The van der Waals surface area contributed by atoms with Crippen molar-refractivity contribution >= 4 is 11.3 Å². The van der Waals surface area contributed by atoms with Gasteiger partial charge in [-0.1, -0.05) is 6.92 Å². The second-order valence-corrected chi connectivity index (χ2v) is 5.11. The molecule has 1 heterocycles. The predicted molar refractivity (Wildman–Crippen MR) is 66.3 cm³/mol. The maximum Gasteiger partial charge on any atom is 0.107 e. The van der Waals surface area contributed by atoms with Crippen molar-refractivity contribution in [1.82, 2.24) is 15.6 Å². The highest BCUT2D eigenvalue weighted by molar-refractivity contribution is 7.11. The van der Waals surface area contributed by atoms with Crippen LogP contribution in [-0.4, -0.2) is 24.1 Å². The minimum atomic E-state index is 0.598. The van der Waals surface area contributed by atoms with Gasteiger partial charge in [0.2, 0.25) is 0 Å². The Morgan fingerprint density at radius 2 is 2.33 bits per heavy atom. The predicted octanol–water partition coefficient (Wildman–Crippen LogP) is 1.93. The Kier molecular flexibility index (Phi) is 5.83. The molecule has 1 rings (SSSR count). The Labute approximate surface area is 96.3 Å². The SMILES string of the molecule is CCNC(C)CCNCc1ncc(C)s1. The number of aromatic nitrogens is 1. The summed E-state index contributed by atoms with van der Waals surface area (Å²) in [6, 6.07) is 0.598. The van der Waals surface area contributed by atoms with Gasteiger partial charge in [-0.25, -0.2) is 4.98 Å². The van der Waals surface area contributed by atoms with Gasteiger partial charge in [0.25, 0.3) is 0 Å². The number of thiazole rings is 1. The minimum Gasteiger partial charge on any atom is -0.314 e. The van der Waals surface area contributed by atoms with Crippen LogP contribution in [0, 0.1) is 6.92 Å². The van der Waals surface area contributed by atoms with Gasteiger partial charge in [-0.3, -0.25) is 0 Å². The first-order chi connectivity index (χ1) is 7.22. The average molecular weight is 227 g/mol. The molecule has 2 N–H and O–H groups in total. The molecule has 0 saturated heterocycles. The van der Waals surface area contributed by atoms with Gasteiger partial charge in [0.1, 0.15) is 5.01 Å². The zero-order valence-electron chi connectivity index (χ0n) is 9.84. The first-order valence-corrected chi connectivity index (χ1v) is 6.39. The molecule has 0 fully saturated rings. The third kappa shape index (κ3) is 5.25. The Balaban J connectivity index is 2.06. The zero-order valence-corrected chi connectivity index (χ0v) is 10.7. The lowest BCUT2D eigenvalue weighted by atomic mass is 10.2. The van der Waals surface area contributed by atoms with E-state index in [9.17, 15) is 0 Å². The molecule has 1 atom stereocenters. The smallest absolute Gasteiger partial charge is 0.107 e. The number of nitrogens with one attached hydrogen (secondary N) is 2. The van der Waals surface area contributed by atoms with Crippen LogP contribution < -0.4 is 10.6 Å². The van der Waals surface area contributed by atoms with Gasteiger partial charge >= 0.3 is 0 Å². The highest BCUT2D eigenvalue weighted by atomic mass is 32.1. The molecule has 0 radical (unpaired) electrons. The highest BCUT2D eigenvalue weighted by Crippen LogP contribution is 2.10. The van der Waals surface area contributed by atoms with Crippen molar-refractivity contribution < 1.29 is 0 Å². The number of hydrogen-bond donors (Lipinski definition) is 2. The molecule has 1 aromatic heterocycles. The first-order valence-electron chi connectivity index (χ1n) is 5.57. The van der Waals surface area contributed by atoms with Crippen molar-refractivity contribution in [2.75, 3.05) is 13.1 Å². The second-order valence-electron chi connectivity index (χ2n) is 3.79. The van der Waals surface area contributed by atoms with Gasteiger partial charge in [0, 0.05) is 23.7 Å². The molecule has 0 spiro atoms. The summed E-state index contributed by atoms with van der Waals surface area (Å²) in [6.45, 7) is 9.45. The molecule has 15 heavy (non-hydrogen) atoms. The summed E-state index contributed by atoms with van der Waals surface area (Å²) in [5.74, 6) is 0. The maximum atomic E-state index is 4.31. The fraction of sp³-hybridized carbons (Fsp3) is 0.727. The molecule has 1 aromatic rings. The van der Waals surface area contributed by atoms with E-state index in [1.54, 1.807) is 11.3 Å². The molecule has 86 valence electrons. The lowest BCUT2D eigenvalue weighted by Crippen LogP contribution is -2.29. The summed E-state index contributed by atoms with van der Waals surface area (Å²) in [5.41, 5.74) is 0. The third-order valence-corrected chi connectivity index (χ3v) is 3.16. The van der Waals surface area contributed by atoms with E-state index >= 15 is 0 Å². The summed E-state index contributed by atoms with van der Waals surface area (Å²) < 4.78 is 0.